The van der Waals surface area contributed by atoms with E-state index >= 15 is 0 Å². The smallest absolute Gasteiger partial charge is 0.0701 e. The number of rotatable bonds is 32. The standard InChI is InChI=1S/C29H59ClO5/c1-2-3-4-5-6-7-8-9-10-11-12-14-17-20-31-22-24-33-26-28-35-29-27-34-25-23-32-21-18-15-13-16-19-30/h2-29H2,1H3. The van der Waals surface area contributed by atoms with Crippen molar-refractivity contribution < 1.29 is 23.7 Å². The zero-order valence-corrected chi connectivity index (χ0v) is 24.0. The molecule has 0 saturated heterocycles. The molecule has 0 aromatic heterocycles. The van der Waals surface area contributed by atoms with Crippen molar-refractivity contribution in [1.29, 1.82) is 0 Å². The molecule has 0 aliphatic rings. The maximum absolute atomic E-state index is 5.65. The normalized spacial score (nSPS) is 11.5. The highest BCUT2D eigenvalue weighted by Crippen LogP contribution is 2.12. The van der Waals surface area contributed by atoms with Crippen LogP contribution in [0.25, 0.3) is 0 Å². The molecular formula is C29H59ClO5. The van der Waals surface area contributed by atoms with Gasteiger partial charge in [-0.3, -0.25) is 0 Å². The lowest BCUT2D eigenvalue weighted by atomic mass is 10.0. The number of hydrogen-bond acceptors (Lipinski definition) is 5. The van der Waals surface area contributed by atoms with Crippen LogP contribution in [0.1, 0.15) is 116 Å². The van der Waals surface area contributed by atoms with E-state index in [2.05, 4.69) is 6.92 Å². The molecule has 212 valence electrons. The van der Waals surface area contributed by atoms with Gasteiger partial charge in [0.05, 0.1) is 52.9 Å². The Kier molecular flexibility index (Phi) is 34.2. The van der Waals surface area contributed by atoms with Crippen molar-refractivity contribution in [2.24, 2.45) is 0 Å². The van der Waals surface area contributed by atoms with Crippen molar-refractivity contribution in [1.82, 2.24) is 0 Å². The van der Waals surface area contributed by atoms with E-state index in [-0.39, 0.29) is 0 Å². The second-order valence-electron chi connectivity index (χ2n) is 9.41. The summed E-state index contributed by atoms with van der Waals surface area (Å²) in [5.74, 6) is 0.761. The Morgan fingerprint density at radius 1 is 0.314 bits per heavy atom. The zero-order valence-electron chi connectivity index (χ0n) is 23.2. The molecule has 0 amide bonds. The molecular weight excluding hydrogens is 464 g/mol. The zero-order chi connectivity index (χ0) is 25.3. The predicted molar refractivity (Wildman–Crippen MR) is 149 cm³/mol. The van der Waals surface area contributed by atoms with Crippen molar-refractivity contribution in [2.75, 3.05) is 71.9 Å². The lowest BCUT2D eigenvalue weighted by Crippen LogP contribution is -2.13. The summed E-state index contributed by atoms with van der Waals surface area (Å²) in [7, 11) is 0. The highest BCUT2D eigenvalue weighted by Gasteiger charge is 1.96. The Morgan fingerprint density at radius 2 is 0.571 bits per heavy atom. The monoisotopic (exact) mass is 522 g/mol. The van der Waals surface area contributed by atoms with Gasteiger partial charge in [-0.05, 0) is 19.3 Å². The van der Waals surface area contributed by atoms with E-state index in [1.54, 1.807) is 0 Å². The molecule has 0 atom stereocenters. The number of halogens is 1. The molecule has 6 heteroatoms. The van der Waals surface area contributed by atoms with E-state index < -0.39 is 0 Å². The first-order valence-electron chi connectivity index (χ1n) is 14.9. The molecule has 0 aliphatic carbocycles. The van der Waals surface area contributed by atoms with Crippen LogP contribution in [0.5, 0.6) is 0 Å². The van der Waals surface area contributed by atoms with Gasteiger partial charge in [-0.15, -0.1) is 11.6 Å². The van der Waals surface area contributed by atoms with E-state index in [0.717, 1.165) is 31.9 Å². The fraction of sp³-hybridized carbons (Fsp3) is 1.00. The van der Waals surface area contributed by atoms with Crippen LogP contribution in [0.4, 0.5) is 0 Å². The summed E-state index contributed by atoms with van der Waals surface area (Å²) in [5, 5.41) is 0. The third-order valence-corrected chi connectivity index (χ3v) is 6.32. The summed E-state index contributed by atoms with van der Waals surface area (Å²) in [6.45, 7) is 8.93. The average molecular weight is 523 g/mol. The van der Waals surface area contributed by atoms with Gasteiger partial charge in [0.1, 0.15) is 0 Å². The van der Waals surface area contributed by atoms with Crippen LogP contribution in [-0.2, 0) is 23.7 Å². The van der Waals surface area contributed by atoms with Crippen molar-refractivity contribution in [3.8, 4) is 0 Å². The highest BCUT2D eigenvalue weighted by atomic mass is 35.5. The Bertz CT molecular complexity index is 328. The first kappa shape index (κ1) is 35.1. The maximum Gasteiger partial charge on any atom is 0.0701 e. The van der Waals surface area contributed by atoms with E-state index in [1.807, 2.05) is 0 Å². The molecule has 35 heavy (non-hydrogen) atoms. The van der Waals surface area contributed by atoms with E-state index in [9.17, 15) is 0 Å². The van der Waals surface area contributed by atoms with Gasteiger partial charge in [0.2, 0.25) is 0 Å². The van der Waals surface area contributed by atoms with E-state index in [4.69, 9.17) is 35.3 Å². The fourth-order valence-corrected chi connectivity index (χ4v) is 4.04. The molecule has 0 aliphatic heterocycles. The third kappa shape index (κ3) is 34.1. The molecule has 0 saturated carbocycles. The minimum absolute atomic E-state index is 0.595. The van der Waals surface area contributed by atoms with Gasteiger partial charge >= 0.3 is 0 Å². The molecule has 0 bridgehead atoms. The van der Waals surface area contributed by atoms with Gasteiger partial charge in [0.25, 0.3) is 0 Å². The van der Waals surface area contributed by atoms with Gasteiger partial charge in [0.15, 0.2) is 0 Å². The third-order valence-electron chi connectivity index (χ3n) is 6.05. The lowest BCUT2D eigenvalue weighted by Gasteiger charge is -2.08. The van der Waals surface area contributed by atoms with Crippen LogP contribution in [0.3, 0.4) is 0 Å². The lowest BCUT2D eigenvalue weighted by molar-refractivity contribution is -0.0114. The minimum Gasteiger partial charge on any atom is -0.379 e. The first-order valence-corrected chi connectivity index (χ1v) is 15.4. The summed E-state index contributed by atoms with van der Waals surface area (Å²) >= 11 is 5.65. The van der Waals surface area contributed by atoms with Gasteiger partial charge in [-0.2, -0.15) is 0 Å². The first-order chi connectivity index (χ1) is 17.4. The summed E-state index contributed by atoms with van der Waals surface area (Å²) < 4.78 is 27.7. The number of unbranched alkanes of at least 4 members (excludes halogenated alkanes) is 15. The van der Waals surface area contributed by atoms with Crippen LogP contribution >= 0.6 is 11.6 Å². The highest BCUT2D eigenvalue weighted by molar-refractivity contribution is 6.17. The summed E-state index contributed by atoms with van der Waals surface area (Å²) in [6.07, 6.45) is 22.5. The fourth-order valence-electron chi connectivity index (χ4n) is 3.86. The Balaban J connectivity index is 3.00. The summed E-state index contributed by atoms with van der Waals surface area (Å²) in [4.78, 5) is 0. The number of alkyl halides is 1. The molecule has 0 heterocycles. The Hall–Kier alpha value is 0.0900. The molecule has 0 fully saturated rings. The van der Waals surface area contributed by atoms with Crippen LogP contribution in [-0.4, -0.2) is 71.9 Å². The van der Waals surface area contributed by atoms with Gasteiger partial charge in [-0.25, -0.2) is 0 Å². The van der Waals surface area contributed by atoms with Crippen molar-refractivity contribution in [3.05, 3.63) is 0 Å². The molecule has 0 radical (unpaired) electrons. The van der Waals surface area contributed by atoms with Crippen LogP contribution in [0, 0.1) is 0 Å². The largest absolute Gasteiger partial charge is 0.379 e. The Labute approximate surface area is 223 Å². The maximum atomic E-state index is 5.65. The average Bonchev–Trinajstić information content (AvgIpc) is 2.87. The van der Waals surface area contributed by atoms with E-state index in [1.165, 1.54) is 96.3 Å². The Morgan fingerprint density at radius 3 is 0.886 bits per heavy atom. The molecule has 0 spiro atoms. The molecule has 0 aromatic rings. The molecule has 5 nitrogen and oxygen atoms in total. The molecule has 0 aromatic carbocycles. The number of hydrogen-bond donors (Lipinski definition) is 0. The topological polar surface area (TPSA) is 46.2 Å². The number of ether oxygens (including phenoxy) is 5. The van der Waals surface area contributed by atoms with Crippen molar-refractivity contribution in [2.45, 2.75) is 116 Å². The SMILES string of the molecule is CCCCCCCCCCCCCCCOCCOCCOCCOCCOCCCCCCCl. The second kappa shape index (κ2) is 34.1. The summed E-state index contributed by atoms with van der Waals surface area (Å²) in [6, 6.07) is 0. The molecule has 0 N–H and O–H groups in total. The quantitative estimate of drug-likeness (QED) is 0.0662. The van der Waals surface area contributed by atoms with Crippen molar-refractivity contribution in [3.63, 3.8) is 0 Å². The van der Waals surface area contributed by atoms with Gasteiger partial charge in [-0.1, -0.05) is 96.8 Å². The van der Waals surface area contributed by atoms with E-state index in [0.29, 0.717) is 52.9 Å². The van der Waals surface area contributed by atoms with Gasteiger partial charge < -0.3 is 23.7 Å². The summed E-state index contributed by atoms with van der Waals surface area (Å²) in [5.41, 5.74) is 0. The molecule has 0 rings (SSSR count). The predicted octanol–water partition coefficient (Wildman–Crippen LogP) is 7.96. The van der Waals surface area contributed by atoms with Crippen LogP contribution < -0.4 is 0 Å². The van der Waals surface area contributed by atoms with Gasteiger partial charge in [0, 0.05) is 19.1 Å². The second-order valence-corrected chi connectivity index (χ2v) is 9.79. The van der Waals surface area contributed by atoms with Crippen LogP contribution in [0.15, 0.2) is 0 Å². The van der Waals surface area contributed by atoms with Crippen LogP contribution in [0.2, 0.25) is 0 Å². The molecule has 0 unspecified atom stereocenters. The van der Waals surface area contributed by atoms with Crippen molar-refractivity contribution >= 4 is 11.6 Å². The minimum atomic E-state index is 0.595.